The molecule has 2 atom stereocenters. The Hall–Kier alpha value is -2.24. The van der Waals surface area contributed by atoms with Gasteiger partial charge in [-0.05, 0) is 19.4 Å². The van der Waals surface area contributed by atoms with E-state index in [9.17, 15) is 19.7 Å². The van der Waals surface area contributed by atoms with E-state index in [0.29, 0.717) is 0 Å². The summed E-state index contributed by atoms with van der Waals surface area (Å²) in [6.45, 7) is 3.35. The molecule has 0 aromatic heterocycles. The fraction of sp³-hybridized carbons (Fsp3) is 0.500. The van der Waals surface area contributed by atoms with Gasteiger partial charge in [-0.15, -0.1) is 0 Å². The van der Waals surface area contributed by atoms with Crippen LogP contribution in [0.4, 0.5) is 0 Å². The summed E-state index contributed by atoms with van der Waals surface area (Å²) in [7, 11) is 0. The Balaban J connectivity index is 2.93. The van der Waals surface area contributed by atoms with Crippen LogP contribution < -0.4 is 0 Å². The molecule has 22 heavy (non-hydrogen) atoms. The molecule has 1 aromatic carbocycles. The maximum atomic E-state index is 11.5. The Kier molecular flexibility index (Phi) is 7.22. The van der Waals surface area contributed by atoms with E-state index >= 15 is 0 Å². The molecular formula is C16H21NO5. The monoisotopic (exact) mass is 307 g/mol. The molecule has 0 fully saturated rings. The molecule has 0 aliphatic heterocycles. The quantitative estimate of drug-likeness (QED) is 0.398. The first-order valence-corrected chi connectivity index (χ1v) is 7.29. The van der Waals surface area contributed by atoms with Crippen molar-refractivity contribution in [1.82, 2.24) is 0 Å². The second-order valence-corrected chi connectivity index (χ2v) is 5.12. The van der Waals surface area contributed by atoms with Crippen molar-refractivity contribution >= 4 is 11.8 Å². The molecule has 0 unspecified atom stereocenters. The number of carbonyl (C=O) groups excluding carboxylic acids is 2. The standard InChI is InChI=1S/C16H21NO5/c1-3-22-16(19)10-9-15(17(20)21)14(11-12(2)18)13-7-5-4-6-8-13/h4-8,14-15H,3,9-11H2,1-2H3/t14-,15-/m1/s1. The van der Waals surface area contributed by atoms with E-state index in [1.807, 2.05) is 6.07 Å². The minimum atomic E-state index is -0.990. The number of Topliss-reactive ketones (excluding diaryl/α,β-unsaturated/α-hetero) is 1. The molecule has 0 aliphatic rings. The number of ether oxygens (including phenoxy) is 1. The van der Waals surface area contributed by atoms with Gasteiger partial charge < -0.3 is 9.53 Å². The van der Waals surface area contributed by atoms with E-state index < -0.39 is 22.9 Å². The molecule has 0 saturated heterocycles. The van der Waals surface area contributed by atoms with Gasteiger partial charge in [0.05, 0.1) is 18.9 Å². The molecule has 0 saturated carbocycles. The highest BCUT2D eigenvalue weighted by atomic mass is 16.6. The van der Waals surface area contributed by atoms with Crippen LogP contribution in [0.15, 0.2) is 30.3 Å². The van der Waals surface area contributed by atoms with Crippen LogP contribution in [0.1, 0.15) is 44.6 Å². The van der Waals surface area contributed by atoms with Crippen LogP contribution in [0.25, 0.3) is 0 Å². The fourth-order valence-electron chi connectivity index (χ4n) is 2.44. The van der Waals surface area contributed by atoms with E-state index in [1.54, 1.807) is 31.2 Å². The van der Waals surface area contributed by atoms with Gasteiger partial charge in [0.25, 0.3) is 0 Å². The van der Waals surface area contributed by atoms with Crippen molar-refractivity contribution in [2.45, 2.75) is 45.1 Å². The largest absolute Gasteiger partial charge is 0.466 e. The third-order valence-electron chi connectivity index (χ3n) is 3.42. The average molecular weight is 307 g/mol. The smallest absolute Gasteiger partial charge is 0.306 e. The molecular weight excluding hydrogens is 286 g/mol. The highest BCUT2D eigenvalue weighted by Crippen LogP contribution is 2.28. The summed E-state index contributed by atoms with van der Waals surface area (Å²) in [5.41, 5.74) is 0.739. The number of nitrogens with zero attached hydrogens (tertiary/aromatic N) is 1. The third-order valence-corrected chi connectivity index (χ3v) is 3.42. The summed E-state index contributed by atoms with van der Waals surface area (Å²) >= 11 is 0. The Morgan fingerprint density at radius 1 is 1.27 bits per heavy atom. The zero-order chi connectivity index (χ0) is 16.5. The maximum absolute atomic E-state index is 11.5. The lowest BCUT2D eigenvalue weighted by molar-refractivity contribution is -0.527. The summed E-state index contributed by atoms with van der Waals surface area (Å²) in [6, 6.07) is 7.93. The van der Waals surface area contributed by atoms with E-state index in [4.69, 9.17) is 4.74 Å². The van der Waals surface area contributed by atoms with E-state index in [1.165, 1.54) is 6.92 Å². The first kappa shape index (κ1) is 17.8. The SMILES string of the molecule is CCOC(=O)CC[C@H]([C@H](CC(C)=O)c1ccccc1)[N+](=O)[O-]. The van der Waals surface area contributed by atoms with Crippen LogP contribution in [0, 0.1) is 10.1 Å². The van der Waals surface area contributed by atoms with Crippen LogP contribution in [0.3, 0.4) is 0 Å². The van der Waals surface area contributed by atoms with Gasteiger partial charge in [0, 0.05) is 17.8 Å². The molecule has 0 amide bonds. The molecule has 0 aliphatic carbocycles. The summed E-state index contributed by atoms with van der Waals surface area (Å²) in [4.78, 5) is 33.9. The van der Waals surface area contributed by atoms with Gasteiger partial charge in [-0.25, -0.2) is 0 Å². The summed E-state index contributed by atoms with van der Waals surface area (Å²) < 4.78 is 4.81. The van der Waals surface area contributed by atoms with Crippen molar-refractivity contribution in [1.29, 1.82) is 0 Å². The summed E-state index contributed by atoms with van der Waals surface area (Å²) in [5, 5.41) is 11.4. The van der Waals surface area contributed by atoms with Crippen molar-refractivity contribution in [2.24, 2.45) is 0 Å². The normalized spacial score (nSPS) is 13.2. The molecule has 6 heteroatoms. The Bertz CT molecular complexity index is 515. The minimum Gasteiger partial charge on any atom is -0.466 e. The maximum Gasteiger partial charge on any atom is 0.306 e. The first-order valence-electron chi connectivity index (χ1n) is 7.29. The fourth-order valence-corrected chi connectivity index (χ4v) is 2.44. The number of carbonyl (C=O) groups is 2. The molecule has 0 N–H and O–H groups in total. The van der Waals surface area contributed by atoms with E-state index in [-0.39, 0.29) is 31.7 Å². The number of esters is 1. The average Bonchev–Trinajstić information content (AvgIpc) is 2.46. The summed E-state index contributed by atoms with van der Waals surface area (Å²) in [5.74, 6) is -1.11. The molecule has 0 radical (unpaired) electrons. The number of hydrogen-bond donors (Lipinski definition) is 0. The van der Waals surface area contributed by atoms with Crippen LogP contribution in [0.5, 0.6) is 0 Å². The Morgan fingerprint density at radius 2 is 1.91 bits per heavy atom. The van der Waals surface area contributed by atoms with Crippen molar-refractivity contribution in [3.63, 3.8) is 0 Å². The highest BCUT2D eigenvalue weighted by molar-refractivity contribution is 5.76. The van der Waals surface area contributed by atoms with Gasteiger partial charge in [0.2, 0.25) is 6.04 Å². The van der Waals surface area contributed by atoms with Crippen LogP contribution >= 0.6 is 0 Å². The van der Waals surface area contributed by atoms with Crippen molar-refractivity contribution < 1.29 is 19.2 Å². The zero-order valence-corrected chi connectivity index (χ0v) is 12.9. The Labute approximate surface area is 129 Å². The van der Waals surface area contributed by atoms with Crippen molar-refractivity contribution in [3.05, 3.63) is 46.0 Å². The van der Waals surface area contributed by atoms with Crippen LogP contribution in [-0.4, -0.2) is 29.3 Å². The topological polar surface area (TPSA) is 86.5 Å². The number of hydrogen-bond acceptors (Lipinski definition) is 5. The van der Waals surface area contributed by atoms with Gasteiger partial charge in [-0.2, -0.15) is 0 Å². The lowest BCUT2D eigenvalue weighted by atomic mass is 9.85. The van der Waals surface area contributed by atoms with Gasteiger partial charge >= 0.3 is 5.97 Å². The zero-order valence-electron chi connectivity index (χ0n) is 12.9. The van der Waals surface area contributed by atoms with E-state index in [2.05, 4.69) is 0 Å². The second kappa shape index (κ2) is 8.92. The molecule has 120 valence electrons. The first-order chi connectivity index (χ1) is 10.5. The van der Waals surface area contributed by atoms with E-state index in [0.717, 1.165) is 5.56 Å². The minimum absolute atomic E-state index is 0.0271. The number of benzene rings is 1. The van der Waals surface area contributed by atoms with Crippen molar-refractivity contribution in [2.75, 3.05) is 6.61 Å². The third kappa shape index (κ3) is 5.63. The summed E-state index contributed by atoms with van der Waals surface area (Å²) in [6.07, 6.45) is 0.109. The molecule has 6 nitrogen and oxygen atoms in total. The van der Waals surface area contributed by atoms with Crippen LogP contribution in [0.2, 0.25) is 0 Å². The second-order valence-electron chi connectivity index (χ2n) is 5.12. The molecule has 0 bridgehead atoms. The number of ketones is 1. The molecule has 0 spiro atoms. The molecule has 1 aromatic rings. The van der Waals surface area contributed by atoms with Crippen LogP contribution in [-0.2, 0) is 14.3 Å². The lowest BCUT2D eigenvalue weighted by Crippen LogP contribution is -2.30. The number of nitro groups is 1. The van der Waals surface area contributed by atoms with Gasteiger partial charge in [-0.1, -0.05) is 30.3 Å². The molecule has 0 heterocycles. The Morgan fingerprint density at radius 3 is 2.41 bits per heavy atom. The predicted molar refractivity (Wildman–Crippen MR) is 81.1 cm³/mol. The van der Waals surface area contributed by atoms with Crippen molar-refractivity contribution in [3.8, 4) is 0 Å². The predicted octanol–water partition coefficient (Wildman–Crippen LogP) is 2.74. The molecule has 1 rings (SSSR count). The lowest BCUT2D eigenvalue weighted by Gasteiger charge is -2.20. The number of rotatable bonds is 9. The van der Waals surface area contributed by atoms with Gasteiger partial charge in [0.15, 0.2) is 0 Å². The van der Waals surface area contributed by atoms with Gasteiger partial charge in [-0.3, -0.25) is 14.9 Å². The highest BCUT2D eigenvalue weighted by Gasteiger charge is 2.34. The van der Waals surface area contributed by atoms with Gasteiger partial charge in [0.1, 0.15) is 5.78 Å².